The maximum atomic E-state index is 9.47. The summed E-state index contributed by atoms with van der Waals surface area (Å²) in [7, 11) is 0. The Kier molecular flexibility index (Phi) is 3.14. The molecule has 0 aliphatic rings. The average molecular weight is 202 g/mol. The summed E-state index contributed by atoms with van der Waals surface area (Å²) in [5.74, 6) is -0.0112. The molecule has 1 atom stereocenters. The fraction of sp³-hybridized carbons (Fsp3) is 0.333. The van der Waals surface area contributed by atoms with Crippen LogP contribution in [0.5, 0.6) is 5.75 Å². The van der Waals surface area contributed by atoms with Gasteiger partial charge in [0.15, 0.2) is 0 Å². The molecule has 72 valence electrons. The number of aromatic hydroxyl groups is 1. The van der Waals surface area contributed by atoms with Gasteiger partial charge in [-0.2, -0.15) is 0 Å². The van der Waals surface area contributed by atoms with Crippen molar-refractivity contribution < 1.29 is 10.2 Å². The number of rotatable bonds is 2. The number of benzene rings is 1. The van der Waals surface area contributed by atoms with Crippen molar-refractivity contribution in [2.45, 2.75) is 13.0 Å². The zero-order valence-corrected chi connectivity index (χ0v) is 8.04. The summed E-state index contributed by atoms with van der Waals surface area (Å²) >= 11 is 5.83. The van der Waals surface area contributed by atoms with Crippen molar-refractivity contribution in [2.75, 3.05) is 6.54 Å². The molecule has 0 amide bonds. The van der Waals surface area contributed by atoms with Crippen LogP contribution < -0.4 is 5.73 Å². The number of aryl methyl sites for hydroxylation is 1. The van der Waals surface area contributed by atoms with Crippen LogP contribution in [0.3, 0.4) is 0 Å². The Morgan fingerprint density at radius 2 is 2.15 bits per heavy atom. The summed E-state index contributed by atoms with van der Waals surface area (Å²) in [5.41, 5.74) is 6.40. The van der Waals surface area contributed by atoms with Crippen molar-refractivity contribution in [3.05, 3.63) is 28.3 Å². The van der Waals surface area contributed by atoms with Crippen LogP contribution >= 0.6 is 11.6 Å². The molecule has 4 heteroatoms. The zero-order chi connectivity index (χ0) is 10.0. The molecule has 0 aliphatic carbocycles. The Bertz CT molecular complexity index is 291. The molecule has 0 heterocycles. The Balaban J connectivity index is 3.20. The molecule has 0 fully saturated rings. The van der Waals surface area contributed by atoms with Crippen LogP contribution in [-0.2, 0) is 0 Å². The molecule has 0 saturated heterocycles. The van der Waals surface area contributed by atoms with Crippen LogP contribution in [0.1, 0.15) is 17.2 Å². The van der Waals surface area contributed by atoms with E-state index in [4.69, 9.17) is 17.3 Å². The molecular weight excluding hydrogens is 190 g/mol. The number of phenols is 1. The highest BCUT2D eigenvalue weighted by Gasteiger charge is 2.14. The third-order valence-electron chi connectivity index (χ3n) is 1.81. The predicted octanol–water partition coefficient (Wildman–Crippen LogP) is 1.35. The third-order valence-corrected chi connectivity index (χ3v) is 2.12. The minimum atomic E-state index is -0.909. The summed E-state index contributed by atoms with van der Waals surface area (Å²) in [4.78, 5) is 0. The van der Waals surface area contributed by atoms with E-state index in [1.165, 1.54) is 0 Å². The molecule has 1 aromatic rings. The minimum absolute atomic E-state index is 0.0112. The van der Waals surface area contributed by atoms with Crippen LogP contribution in [0, 0.1) is 6.92 Å². The van der Waals surface area contributed by atoms with E-state index >= 15 is 0 Å². The van der Waals surface area contributed by atoms with Crippen molar-refractivity contribution in [3.63, 3.8) is 0 Å². The van der Waals surface area contributed by atoms with Crippen molar-refractivity contribution in [3.8, 4) is 5.75 Å². The molecule has 0 bridgehead atoms. The van der Waals surface area contributed by atoms with Crippen molar-refractivity contribution in [1.29, 1.82) is 0 Å². The summed E-state index contributed by atoms with van der Waals surface area (Å²) in [6.45, 7) is 1.85. The molecule has 0 aromatic heterocycles. The number of halogens is 1. The second kappa shape index (κ2) is 3.96. The quantitative estimate of drug-likeness (QED) is 0.677. The van der Waals surface area contributed by atoms with Crippen LogP contribution in [0.25, 0.3) is 0 Å². The summed E-state index contributed by atoms with van der Waals surface area (Å²) in [6, 6.07) is 3.22. The molecule has 0 spiro atoms. The highest BCUT2D eigenvalue weighted by molar-refractivity contribution is 6.31. The lowest BCUT2D eigenvalue weighted by atomic mass is 10.1. The Hall–Kier alpha value is -0.770. The molecule has 4 N–H and O–H groups in total. The van der Waals surface area contributed by atoms with Gasteiger partial charge in [-0.05, 0) is 24.6 Å². The van der Waals surface area contributed by atoms with Gasteiger partial charge in [0.05, 0.1) is 11.1 Å². The molecule has 13 heavy (non-hydrogen) atoms. The Morgan fingerprint density at radius 1 is 1.54 bits per heavy atom. The maximum absolute atomic E-state index is 9.47. The first kappa shape index (κ1) is 10.3. The van der Waals surface area contributed by atoms with Gasteiger partial charge in [-0.15, -0.1) is 0 Å². The summed E-state index contributed by atoms with van der Waals surface area (Å²) < 4.78 is 0. The second-order valence-corrected chi connectivity index (χ2v) is 3.34. The first-order chi connectivity index (χ1) is 6.06. The lowest BCUT2D eigenvalue weighted by molar-refractivity contribution is 0.183. The van der Waals surface area contributed by atoms with E-state index in [0.29, 0.717) is 10.6 Å². The van der Waals surface area contributed by atoms with Crippen molar-refractivity contribution >= 4 is 11.6 Å². The van der Waals surface area contributed by atoms with Crippen LogP contribution in [0.4, 0.5) is 0 Å². The van der Waals surface area contributed by atoms with Gasteiger partial charge in [-0.1, -0.05) is 11.6 Å². The molecule has 0 radical (unpaired) electrons. The largest absolute Gasteiger partial charge is 0.508 e. The van der Waals surface area contributed by atoms with E-state index in [9.17, 15) is 10.2 Å². The van der Waals surface area contributed by atoms with Crippen LogP contribution in [-0.4, -0.2) is 16.8 Å². The number of nitrogens with two attached hydrogens (primary N) is 1. The Morgan fingerprint density at radius 3 is 2.62 bits per heavy atom. The van der Waals surface area contributed by atoms with Gasteiger partial charge in [-0.3, -0.25) is 0 Å². The van der Waals surface area contributed by atoms with Gasteiger partial charge in [0.25, 0.3) is 0 Å². The molecule has 1 aromatic carbocycles. The van der Waals surface area contributed by atoms with Crippen molar-refractivity contribution in [1.82, 2.24) is 0 Å². The monoisotopic (exact) mass is 201 g/mol. The summed E-state index contributed by atoms with van der Waals surface area (Å²) in [5, 5.41) is 19.2. The number of aliphatic hydroxyl groups is 1. The standard InChI is InChI=1S/C9H12ClNO2/c1-5-2-6(10)9(7(12)3-5)8(13)4-11/h2-3,8,12-13H,4,11H2,1H3. The minimum Gasteiger partial charge on any atom is -0.508 e. The highest BCUT2D eigenvalue weighted by atomic mass is 35.5. The SMILES string of the molecule is Cc1cc(O)c(C(O)CN)c(Cl)c1. The molecule has 0 saturated carbocycles. The lowest BCUT2D eigenvalue weighted by Gasteiger charge is -2.12. The van der Waals surface area contributed by atoms with Gasteiger partial charge in [0.2, 0.25) is 0 Å². The molecular formula is C9H12ClNO2. The molecule has 3 nitrogen and oxygen atoms in total. The van der Waals surface area contributed by atoms with Crippen LogP contribution in [0.2, 0.25) is 5.02 Å². The topological polar surface area (TPSA) is 66.5 Å². The van der Waals surface area contributed by atoms with E-state index in [1.807, 2.05) is 6.92 Å². The number of hydrogen-bond acceptors (Lipinski definition) is 3. The van der Waals surface area contributed by atoms with Gasteiger partial charge < -0.3 is 15.9 Å². The predicted molar refractivity (Wildman–Crippen MR) is 51.9 cm³/mol. The smallest absolute Gasteiger partial charge is 0.123 e. The Labute approximate surface area is 81.8 Å². The molecule has 0 aliphatic heterocycles. The number of aliphatic hydroxyl groups excluding tert-OH is 1. The van der Waals surface area contributed by atoms with Crippen molar-refractivity contribution in [2.24, 2.45) is 5.73 Å². The fourth-order valence-electron chi connectivity index (χ4n) is 1.18. The van der Waals surface area contributed by atoms with Gasteiger partial charge >= 0.3 is 0 Å². The van der Waals surface area contributed by atoms with E-state index < -0.39 is 6.10 Å². The molecule has 1 unspecified atom stereocenters. The number of phenolic OH excluding ortho intramolecular Hbond substituents is 1. The van der Waals surface area contributed by atoms with E-state index in [1.54, 1.807) is 12.1 Å². The highest BCUT2D eigenvalue weighted by Crippen LogP contribution is 2.32. The first-order valence-electron chi connectivity index (χ1n) is 3.93. The molecule has 1 rings (SSSR count). The van der Waals surface area contributed by atoms with E-state index in [0.717, 1.165) is 5.56 Å². The van der Waals surface area contributed by atoms with E-state index in [2.05, 4.69) is 0 Å². The van der Waals surface area contributed by atoms with Gasteiger partial charge in [0, 0.05) is 12.1 Å². The lowest BCUT2D eigenvalue weighted by Crippen LogP contribution is -2.12. The zero-order valence-electron chi connectivity index (χ0n) is 7.29. The maximum Gasteiger partial charge on any atom is 0.123 e. The normalized spacial score (nSPS) is 12.9. The first-order valence-corrected chi connectivity index (χ1v) is 4.31. The fourth-order valence-corrected chi connectivity index (χ4v) is 1.58. The third kappa shape index (κ3) is 2.12. The van der Waals surface area contributed by atoms with Gasteiger partial charge in [0.1, 0.15) is 5.75 Å². The van der Waals surface area contributed by atoms with Crippen LogP contribution in [0.15, 0.2) is 12.1 Å². The second-order valence-electron chi connectivity index (χ2n) is 2.93. The number of hydrogen-bond donors (Lipinski definition) is 3. The summed E-state index contributed by atoms with van der Waals surface area (Å²) in [6.07, 6.45) is -0.909. The van der Waals surface area contributed by atoms with Gasteiger partial charge in [-0.25, -0.2) is 0 Å². The average Bonchev–Trinajstić information content (AvgIpc) is 2.02. The van der Waals surface area contributed by atoms with E-state index in [-0.39, 0.29) is 12.3 Å².